The Morgan fingerprint density at radius 2 is 1.90 bits per heavy atom. The Kier molecular flexibility index (Phi) is 3.89. The number of phosphoric acid groups is 1. The zero-order valence-corrected chi connectivity index (χ0v) is 16.1. The van der Waals surface area contributed by atoms with E-state index in [1.165, 1.54) is 12.1 Å². The SMILES string of the molecule is CN1C2=C(C(=O)OC2)C(c2cccc(OP(=O)(O)O)c2)c2cc3c(cc21)OCO3. The number of rotatable bonds is 3. The number of carbonyl (C=O) groups excluding carboxylic acids is 1. The zero-order valence-electron chi connectivity index (χ0n) is 15.2. The number of ether oxygens (including phenoxy) is 3. The lowest BCUT2D eigenvalue weighted by Gasteiger charge is -2.33. The van der Waals surface area contributed by atoms with Gasteiger partial charge in [0.15, 0.2) is 11.5 Å². The van der Waals surface area contributed by atoms with E-state index in [-0.39, 0.29) is 19.1 Å². The maximum atomic E-state index is 12.6. The second kappa shape index (κ2) is 6.25. The van der Waals surface area contributed by atoms with Gasteiger partial charge in [0.05, 0.1) is 11.3 Å². The fourth-order valence-electron chi connectivity index (χ4n) is 3.97. The summed E-state index contributed by atoms with van der Waals surface area (Å²) < 4.78 is 32.3. The molecule has 2 aromatic carbocycles. The van der Waals surface area contributed by atoms with Crippen molar-refractivity contribution in [1.29, 1.82) is 0 Å². The van der Waals surface area contributed by atoms with Gasteiger partial charge in [-0.1, -0.05) is 12.1 Å². The van der Waals surface area contributed by atoms with Crippen LogP contribution in [-0.2, 0) is 14.1 Å². The third-order valence-electron chi connectivity index (χ3n) is 5.17. The average molecular weight is 417 g/mol. The molecule has 2 N–H and O–H groups in total. The van der Waals surface area contributed by atoms with Crippen LogP contribution in [0.3, 0.4) is 0 Å². The first-order chi connectivity index (χ1) is 13.8. The molecule has 9 nitrogen and oxygen atoms in total. The molecule has 0 fully saturated rings. The van der Waals surface area contributed by atoms with Crippen LogP contribution in [0.5, 0.6) is 17.2 Å². The molecule has 0 saturated carbocycles. The number of hydrogen-bond acceptors (Lipinski definition) is 7. The quantitative estimate of drug-likeness (QED) is 0.573. The van der Waals surface area contributed by atoms with Crippen molar-refractivity contribution in [3.8, 4) is 17.2 Å². The van der Waals surface area contributed by atoms with Crippen molar-refractivity contribution >= 4 is 19.5 Å². The molecule has 0 amide bonds. The Hall–Kier alpha value is -3.00. The highest BCUT2D eigenvalue weighted by molar-refractivity contribution is 7.46. The number of likely N-dealkylation sites (N-methyl/N-ethyl adjacent to an activating group) is 1. The highest BCUT2D eigenvalue weighted by Gasteiger charge is 2.42. The van der Waals surface area contributed by atoms with E-state index in [0.29, 0.717) is 22.6 Å². The maximum absolute atomic E-state index is 12.6. The zero-order chi connectivity index (χ0) is 20.3. The largest absolute Gasteiger partial charge is 0.524 e. The van der Waals surface area contributed by atoms with Crippen LogP contribution in [0.15, 0.2) is 47.7 Å². The topological polar surface area (TPSA) is 115 Å². The summed E-state index contributed by atoms with van der Waals surface area (Å²) in [5, 5.41) is 0. The number of carbonyl (C=O) groups is 1. The van der Waals surface area contributed by atoms with Crippen LogP contribution in [0.25, 0.3) is 0 Å². The van der Waals surface area contributed by atoms with Crippen LogP contribution in [-0.4, -0.2) is 36.2 Å². The highest BCUT2D eigenvalue weighted by Crippen LogP contribution is 2.51. The van der Waals surface area contributed by atoms with Crippen LogP contribution in [0.4, 0.5) is 5.69 Å². The molecule has 150 valence electrons. The molecule has 0 aliphatic carbocycles. The van der Waals surface area contributed by atoms with E-state index in [4.69, 9.17) is 28.5 Å². The Morgan fingerprint density at radius 1 is 1.14 bits per heavy atom. The summed E-state index contributed by atoms with van der Waals surface area (Å²) in [5.41, 5.74) is 3.47. The molecule has 0 bridgehead atoms. The van der Waals surface area contributed by atoms with Gasteiger partial charge in [-0.05, 0) is 29.3 Å². The molecule has 0 aromatic heterocycles. The number of fused-ring (bicyclic) bond motifs is 2. The molecule has 1 unspecified atom stereocenters. The second-order valence-electron chi connectivity index (χ2n) is 6.85. The van der Waals surface area contributed by atoms with Gasteiger partial charge in [0, 0.05) is 24.7 Å². The van der Waals surface area contributed by atoms with Gasteiger partial charge in [-0.15, -0.1) is 0 Å². The van der Waals surface area contributed by atoms with E-state index in [0.717, 1.165) is 16.9 Å². The van der Waals surface area contributed by atoms with Crippen molar-refractivity contribution in [2.75, 3.05) is 25.3 Å². The van der Waals surface area contributed by atoms with E-state index in [2.05, 4.69) is 0 Å². The smallest absolute Gasteiger partial charge is 0.456 e. The predicted octanol–water partition coefficient (Wildman–Crippen LogP) is 2.28. The number of benzene rings is 2. The lowest BCUT2D eigenvalue weighted by Crippen LogP contribution is -2.27. The summed E-state index contributed by atoms with van der Waals surface area (Å²) in [6.07, 6.45) is 0. The Labute approximate surface area is 165 Å². The molecule has 5 rings (SSSR count). The van der Waals surface area contributed by atoms with Gasteiger partial charge in [-0.3, -0.25) is 9.79 Å². The van der Waals surface area contributed by atoms with E-state index < -0.39 is 19.7 Å². The molecule has 2 aromatic rings. The highest BCUT2D eigenvalue weighted by atomic mass is 31.2. The van der Waals surface area contributed by atoms with Gasteiger partial charge < -0.3 is 23.6 Å². The number of hydrogen-bond donors (Lipinski definition) is 2. The summed E-state index contributed by atoms with van der Waals surface area (Å²) in [5.74, 6) is 0.246. The fraction of sp³-hybridized carbons (Fsp3) is 0.211. The minimum Gasteiger partial charge on any atom is -0.456 e. The fourth-order valence-corrected chi connectivity index (χ4v) is 4.36. The lowest BCUT2D eigenvalue weighted by atomic mass is 9.80. The van der Waals surface area contributed by atoms with E-state index in [1.54, 1.807) is 12.1 Å². The first kappa shape index (κ1) is 18.1. The molecule has 3 aliphatic heterocycles. The molecule has 1 atom stereocenters. The summed E-state index contributed by atoms with van der Waals surface area (Å²) >= 11 is 0. The van der Waals surface area contributed by atoms with Gasteiger partial charge in [0.25, 0.3) is 0 Å². The van der Waals surface area contributed by atoms with Gasteiger partial charge in [0.1, 0.15) is 12.4 Å². The minimum atomic E-state index is -4.72. The summed E-state index contributed by atoms with van der Waals surface area (Å²) in [7, 11) is -2.87. The van der Waals surface area contributed by atoms with Crippen molar-refractivity contribution in [3.05, 3.63) is 58.8 Å². The Morgan fingerprint density at radius 3 is 2.66 bits per heavy atom. The second-order valence-corrected chi connectivity index (χ2v) is 8.01. The van der Waals surface area contributed by atoms with Crippen LogP contribution in [0, 0.1) is 0 Å². The van der Waals surface area contributed by atoms with E-state index in [1.807, 2.05) is 24.1 Å². The van der Waals surface area contributed by atoms with Gasteiger partial charge in [-0.2, -0.15) is 0 Å². The molecular weight excluding hydrogens is 401 g/mol. The van der Waals surface area contributed by atoms with Crippen LogP contribution < -0.4 is 18.9 Å². The van der Waals surface area contributed by atoms with E-state index >= 15 is 0 Å². The first-order valence-electron chi connectivity index (χ1n) is 8.74. The summed E-state index contributed by atoms with van der Waals surface area (Å²) in [6, 6.07) is 10.0. The lowest BCUT2D eigenvalue weighted by molar-refractivity contribution is -0.136. The maximum Gasteiger partial charge on any atom is 0.524 e. The van der Waals surface area contributed by atoms with E-state index in [9.17, 15) is 9.36 Å². The van der Waals surface area contributed by atoms with Gasteiger partial charge >= 0.3 is 13.8 Å². The number of nitrogens with zero attached hydrogens (tertiary/aromatic N) is 1. The monoisotopic (exact) mass is 417 g/mol. The molecule has 3 heterocycles. The number of phosphoric ester groups is 1. The van der Waals surface area contributed by atoms with Crippen LogP contribution >= 0.6 is 7.82 Å². The number of esters is 1. The average Bonchev–Trinajstić information content (AvgIpc) is 3.26. The van der Waals surface area contributed by atoms with Gasteiger partial charge in [0.2, 0.25) is 6.79 Å². The number of anilines is 1. The molecular formula is C19H16NO8P. The Bertz CT molecular complexity index is 1120. The summed E-state index contributed by atoms with van der Waals surface area (Å²) in [4.78, 5) is 32.7. The molecule has 29 heavy (non-hydrogen) atoms. The normalized spacial score (nSPS) is 19.8. The molecule has 0 radical (unpaired) electrons. The number of cyclic esters (lactones) is 1. The first-order valence-corrected chi connectivity index (χ1v) is 10.3. The predicted molar refractivity (Wildman–Crippen MR) is 99.9 cm³/mol. The molecule has 0 saturated heterocycles. The molecule has 0 spiro atoms. The molecule has 3 aliphatic rings. The third-order valence-corrected chi connectivity index (χ3v) is 5.62. The van der Waals surface area contributed by atoms with Crippen molar-refractivity contribution in [1.82, 2.24) is 0 Å². The standard InChI is InChI=1S/C19H16NO8P/c1-20-13-7-16-15(26-9-27-16)6-12(13)17(18-14(20)8-25-19(18)21)10-3-2-4-11(5-10)28-29(22,23)24/h2-7,17H,8-9H2,1H3,(H2,22,23,24). The van der Waals surface area contributed by atoms with Crippen molar-refractivity contribution in [2.45, 2.75) is 5.92 Å². The van der Waals surface area contributed by atoms with Crippen molar-refractivity contribution in [3.63, 3.8) is 0 Å². The third kappa shape index (κ3) is 2.95. The Balaban J connectivity index is 1.69. The van der Waals surface area contributed by atoms with Gasteiger partial charge in [-0.25, -0.2) is 9.36 Å². The van der Waals surface area contributed by atoms with Crippen LogP contribution in [0.1, 0.15) is 17.0 Å². The van der Waals surface area contributed by atoms with Crippen LogP contribution in [0.2, 0.25) is 0 Å². The minimum absolute atomic E-state index is 0.00516. The summed E-state index contributed by atoms with van der Waals surface area (Å²) in [6.45, 7) is 0.265. The molecule has 10 heteroatoms. The van der Waals surface area contributed by atoms with Crippen molar-refractivity contribution < 1.29 is 37.9 Å². The van der Waals surface area contributed by atoms with Crippen molar-refractivity contribution in [2.24, 2.45) is 0 Å².